The second-order valence-electron chi connectivity index (χ2n) is 8.23. The molecular weight excluding hydrogens is 601 g/mol. The minimum absolute atomic E-state index is 0.0535. The zero-order chi connectivity index (χ0) is 28.8. The number of amides is 1. The number of hydrogen-bond donors (Lipinski definition) is 5. The van der Waals surface area contributed by atoms with Crippen LogP contribution in [-0.4, -0.2) is 60.2 Å². The summed E-state index contributed by atoms with van der Waals surface area (Å²) in [5.41, 5.74) is 1.93. The topological polar surface area (TPSA) is 154 Å². The fraction of sp³-hybridized carbons (Fsp3) is 0.250. The van der Waals surface area contributed by atoms with Crippen molar-refractivity contribution >= 4 is 92.6 Å². The fourth-order valence-electron chi connectivity index (χ4n) is 3.54. The Balaban J connectivity index is 1.60. The third kappa shape index (κ3) is 7.22. The molecule has 1 atom stereocenters. The molecule has 4 rings (SSSR count). The van der Waals surface area contributed by atoms with Gasteiger partial charge in [0.15, 0.2) is 8.29 Å². The van der Waals surface area contributed by atoms with Crippen molar-refractivity contribution in [3.05, 3.63) is 51.5 Å². The van der Waals surface area contributed by atoms with Crippen LogP contribution in [0.15, 0.2) is 41.0 Å². The van der Waals surface area contributed by atoms with E-state index in [1.165, 1.54) is 29.2 Å². The molecular formula is C24H23ClFN7O4S3. The molecule has 0 saturated heterocycles. The van der Waals surface area contributed by atoms with Crippen LogP contribution < -0.4 is 16.0 Å². The molecule has 1 unspecified atom stereocenters. The SMILES string of the molecule is CCC(Sc1nn(CC(=O)Nc2cc3c(Nc4ccc(F)c(Cl)c4)ncnc3cc2NCCO)c(=S)s1)C(=O)O. The van der Waals surface area contributed by atoms with Gasteiger partial charge in [0.25, 0.3) is 0 Å². The lowest BCUT2D eigenvalue weighted by atomic mass is 10.1. The van der Waals surface area contributed by atoms with E-state index >= 15 is 0 Å². The number of aromatic nitrogens is 4. The first-order valence-corrected chi connectivity index (χ1v) is 14.3. The van der Waals surface area contributed by atoms with Crippen LogP contribution in [0.2, 0.25) is 5.02 Å². The van der Waals surface area contributed by atoms with Gasteiger partial charge in [-0.25, -0.2) is 19.0 Å². The van der Waals surface area contributed by atoms with Gasteiger partial charge >= 0.3 is 5.97 Å². The number of hydrogen-bond acceptors (Lipinski definition) is 11. The largest absolute Gasteiger partial charge is 0.480 e. The van der Waals surface area contributed by atoms with Gasteiger partial charge in [-0.15, -0.1) is 0 Å². The first-order chi connectivity index (χ1) is 19.2. The highest BCUT2D eigenvalue weighted by Crippen LogP contribution is 2.33. The van der Waals surface area contributed by atoms with Crippen molar-refractivity contribution in [1.82, 2.24) is 19.7 Å². The monoisotopic (exact) mass is 623 g/mol. The molecule has 0 aliphatic carbocycles. The molecule has 4 aromatic rings. The van der Waals surface area contributed by atoms with Crippen LogP contribution in [0.5, 0.6) is 0 Å². The number of carboxylic acids is 1. The lowest BCUT2D eigenvalue weighted by Gasteiger charge is -2.16. The Morgan fingerprint density at radius 3 is 2.75 bits per heavy atom. The van der Waals surface area contributed by atoms with Crippen molar-refractivity contribution in [3.63, 3.8) is 0 Å². The smallest absolute Gasteiger partial charge is 0.317 e. The Kier molecular flexibility index (Phi) is 9.86. The molecule has 0 aliphatic heterocycles. The van der Waals surface area contributed by atoms with Gasteiger partial charge in [-0.05, 0) is 49.0 Å². The average Bonchev–Trinajstić information content (AvgIpc) is 3.26. The molecule has 11 nitrogen and oxygen atoms in total. The number of carbonyl (C=O) groups excluding carboxylic acids is 1. The van der Waals surface area contributed by atoms with Crippen molar-refractivity contribution < 1.29 is 24.2 Å². The second-order valence-corrected chi connectivity index (χ2v) is 11.7. The van der Waals surface area contributed by atoms with Crippen LogP contribution in [0, 0.1) is 9.77 Å². The molecule has 210 valence electrons. The van der Waals surface area contributed by atoms with Crippen LogP contribution in [0.4, 0.5) is 27.3 Å². The van der Waals surface area contributed by atoms with Crippen LogP contribution in [-0.2, 0) is 16.1 Å². The van der Waals surface area contributed by atoms with Gasteiger partial charge in [-0.1, -0.05) is 41.6 Å². The van der Waals surface area contributed by atoms with Gasteiger partial charge in [0, 0.05) is 17.6 Å². The molecule has 16 heteroatoms. The van der Waals surface area contributed by atoms with E-state index in [2.05, 4.69) is 31.0 Å². The average molecular weight is 624 g/mol. The number of carboxylic acid groups (broad SMARTS) is 1. The van der Waals surface area contributed by atoms with Crippen molar-refractivity contribution in [2.45, 2.75) is 29.5 Å². The maximum absolute atomic E-state index is 13.6. The van der Waals surface area contributed by atoms with Crippen molar-refractivity contribution in [3.8, 4) is 0 Å². The quantitative estimate of drug-likeness (QED) is 0.105. The summed E-state index contributed by atoms with van der Waals surface area (Å²) in [7, 11) is 0. The molecule has 2 aromatic heterocycles. The first-order valence-electron chi connectivity index (χ1n) is 11.8. The van der Waals surface area contributed by atoms with E-state index in [9.17, 15) is 24.2 Å². The fourth-order valence-corrected chi connectivity index (χ4v) is 6.16. The number of thioether (sulfide) groups is 1. The van der Waals surface area contributed by atoms with E-state index in [1.54, 1.807) is 19.1 Å². The van der Waals surface area contributed by atoms with Crippen molar-refractivity contribution in [1.29, 1.82) is 0 Å². The minimum Gasteiger partial charge on any atom is -0.480 e. The van der Waals surface area contributed by atoms with Crippen LogP contribution in [0.25, 0.3) is 10.9 Å². The Hall–Kier alpha value is -3.37. The third-order valence-electron chi connectivity index (χ3n) is 5.43. The lowest BCUT2D eigenvalue weighted by molar-refractivity contribution is -0.136. The highest BCUT2D eigenvalue weighted by molar-refractivity contribution is 8.02. The number of fused-ring (bicyclic) bond motifs is 1. The second kappa shape index (κ2) is 13.3. The standard InChI is InChI=1S/C24H23ClFN7O4S3/c1-2-19(22(36)37)39-23-32-33(24(38)40-23)10-20(35)31-18-8-13-16(9-17(18)27-5-6-34)28-11-29-21(13)30-12-3-4-15(26)14(25)7-12/h3-4,7-9,11,19,27,34H,2,5-6,10H2,1H3,(H,31,35)(H,36,37)(H,28,29,30). The molecule has 0 saturated carbocycles. The van der Waals surface area contributed by atoms with Gasteiger partial charge in [0.1, 0.15) is 29.8 Å². The lowest BCUT2D eigenvalue weighted by Crippen LogP contribution is -2.21. The highest BCUT2D eigenvalue weighted by atomic mass is 35.5. The summed E-state index contributed by atoms with van der Waals surface area (Å²) in [5, 5.41) is 31.8. The van der Waals surface area contributed by atoms with E-state index in [-0.39, 0.29) is 24.7 Å². The molecule has 0 radical (unpaired) electrons. The molecule has 0 bridgehead atoms. The van der Waals surface area contributed by atoms with Crippen LogP contribution in [0.1, 0.15) is 13.3 Å². The van der Waals surface area contributed by atoms with E-state index in [0.717, 1.165) is 23.1 Å². The van der Waals surface area contributed by atoms with Crippen molar-refractivity contribution in [2.75, 3.05) is 29.1 Å². The summed E-state index contributed by atoms with van der Waals surface area (Å²) >= 11 is 13.5. The molecule has 1 amide bonds. The number of aliphatic hydroxyl groups is 1. The third-order valence-corrected chi connectivity index (χ3v) is 8.46. The van der Waals surface area contributed by atoms with E-state index in [4.69, 9.17) is 23.8 Å². The van der Waals surface area contributed by atoms with E-state index in [0.29, 0.717) is 48.5 Å². The van der Waals surface area contributed by atoms with Crippen LogP contribution >= 0.6 is 46.9 Å². The molecule has 0 aliphatic rings. The molecule has 0 fully saturated rings. The van der Waals surface area contributed by atoms with Gasteiger partial charge in [0.05, 0.1) is 28.5 Å². The summed E-state index contributed by atoms with van der Waals surface area (Å²) in [6, 6.07) is 7.53. The van der Waals surface area contributed by atoms with Gasteiger partial charge < -0.3 is 26.2 Å². The van der Waals surface area contributed by atoms with Gasteiger partial charge in [-0.2, -0.15) is 5.10 Å². The maximum Gasteiger partial charge on any atom is 0.317 e. The predicted octanol–water partition coefficient (Wildman–Crippen LogP) is 5.15. The van der Waals surface area contributed by atoms with E-state index in [1.807, 2.05) is 0 Å². The Morgan fingerprint density at radius 1 is 1.25 bits per heavy atom. The highest BCUT2D eigenvalue weighted by Gasteiger charge is 2.20. The summed E-state index contributed by atoms with van der Waals surface area (Å²) in [5.74, 6) is -1.55. The number of carbonyl (C=O) groups is 2. The maximum atomic E-state index is 13.6. The van der Waals surface area contributed by atoms with Crippen LogP contribution in [0.3, 0.4) is 0 Å². The molecule has 2 aromatic carbocycles. The summed E-state index contributed by atoms with van der Waals surface area (Å²) in [6.07, 6.45) is 1.77. The predicted molar refractivity (Wildman–Crippen MR) is 157 cm³/mol. The number of rotatable bonds is 12. The molecule has 2 heterocycles. The normalized spacial score (nSPS) is 11.8. The summed E-state index contributed by atoms with van der Waals surface area (Å²) < 4.78 is 15.7. The molecule has 40 heavy (non-hydrogen) atoms. The van der Waals surface area contributed by atoms with Gasteiger partial charge in [0.2, 0.25) is 5.91 Å². The summed E-state index contributed by atoms with van der Waals surface area (Å²) in [4.78, 5) is 33.0. The number of nitrogens with one attached hydrogen (secondary N) is 3. The zero-order valence-electron chi connectivity index (χ0n) is 20.9. The number of aliphatic hydroxyl groups excluding tert-OH is 1. The van der Waals surface area contributed by atoms with E-state index < -0.39 is 22.9 Å². The molecule has 5 N–H and O–H groups in total. The molecule has 0 spiro atoms. The zero-order valence-corrected chi connectivity index (χ0v) is 24.1. The Labute approximate surface area is 245 Å². The first kappa shape index (κ1) is 29.6. The Morgan fingerprint density at radius 2 is 2.05 bits per heavy atom. The number of benzene rings is 2. The minimum atomic E-state index is -0.947. The Bertz CT molecular complexity index is 1620. The number of halogens is 2. The summed E-state index contributed by atoms with van der Waals surface area (Å²) in [6.45, 7) is 1.64. The number of anilines is 4. The number of aliphatic carboxylic acids is 1. The van der Waals surface area contributed by atoms with Crippen molar-refractivity contribution in [2.24, 2.45) is 0 Å². The van der Waals surface area contributed by atoms with Gasteiger partial charge in [-0.3, -0.25) is 9.59 Å². The number of nitrogens with zero attached hydrogens (tertiary/aromatic N) is 4.